The number of anilines is 1. The van der Waals surface area contributed by atoms with E-state index in [4.69, 9.17) is 18.0 Å². The Morgan fingerprint density at radius 3 is 2.90 bits per heavy atom. The van der Waals surface area contributed by atoms with E-state index in [9.17, 15) is 14.9 Å². The Hall–Kier alpha value is -2.33. The number of non-ortho nitro benzene ring substituents is 1. The number of nitrogens with two attached hydrogens (primary N) is 1. The molecule has 1 aliphatic heterocycles. The Bertz CT molecular complexity index is 686. The van der Waals surface area contributed by atoms with Gasteiger partial charge in [0.2, 0.25) is 0 Å². The predicted octanol–water partition coefficient (Wildman–Crippen LogP) is 1.32. The molecule has 8 nitrogen and oxygen atoms in total. The van der Waals surface area contributed by atoms with Gasteiger partial charge in [-0.2, -0.15) is 5.10 Å². The van der Waals surface area contributed by atoms with Crippen molar-refractivity contribution in [3.05, 3.63) is 34.4 Å². The van der Waals surface area contributed by atoms with Crippen molar-refractivity contribution < 1.29 is 9.72 Å². The zero-order valence-electron chi connectivity index (χ0n) is 10.5. The summed E-state index contributed by atoms with van der Waals surface area (Å²) >= 11 is 6.05. The third-order valence-corrected chi connectivity index (χ3v) is 3.49. The smallest absolute Gasteiger partial charge is 0.271 e. The van der Waals surface area contributed by atoms with Crippen LogP contribution in [-0.4, -0.2) is 32.3 Å². The number of nitrogens with one attached hydrogen (secondary N) is 1. The number of thioether (sulfide) groups is 1. The molecule has 0 aliphatic carbocycles. The van der Waals surface area contributed by atoms with Crippen LogP contribution in [0, 0.1) is 10.1 Å². The van der Waals surface area contributed by atoms with Crippen molar-refractivity contribution in [2.24, 2.45) is 15.8 Å². The van der Waals surface area contributed by atoms with Crippen LogP contribution < -0.4 is 11.2 Å². The molecule has 0 bridgehead atoms. The van der Waals surface area contributed by atoms with Gasteiger partial charge >= 0.3 is 0 Å². The van der Waals surface area contributed by atoms with Gasteiger partial charge in [-0.3, -0.25) is 20.3 Å². The van der Waals surface area contributed by atoms with E-state index < -0.39 is 4.92 Å². The molecule has 2 rings (SSSR count). The third-order valence-electron chi connectivity index (χ3n) is 2.35. The summed E-state index contributed by atoms with van der Waals surface area (Å²) in [4.78, 5) is 25.0. The first-order valence-electron chi connectivity index (χ1n) is 5.60. The maximum absolute atomic E-state index is 11.1. The second-order valence-corrected chi connectivity index (χ2v) is 5.25. The first-order chi connectivity index (χ1) is 9.97. The fourth-order valence-electron chi connectivity index (χ4n) is 1.45. The zero-order valence-corrected chi connectivity index (χ0v) is 12.1. The van der Waals surface area contributed by atoms with Crippen molar-refractivity contribution in [3.63, 3.8) is 0 Å². The standard InChI is InChI=1S/C11H9N5O3S2/c12-10(20)9(11-13-8(17)5-21-11)15-14-6-2-1-3-7(4-6)16(18)19/h1-4,14H,5H2,(H2,12,20)/b15-9-. The van der Waals surface area contributed by atoms with Crippen LogP contribution in [0.4, 0.5) is 11.4 Å². The maximum Gasteiger partial charge on any atom is 0.271 e. The number of carbonyl (C=O) groups is 1. The van der Waals surface area contributed by atoms with Gasteiger partial charge in [-0.25, -0.2) is 4.99 Å². The number of hydrazone groups is 1. The molecular weight excluding hydrogens is 314 g/mol. The molecule has 1 aliphatic rings. The molecule has 1 aromatic carbocycles. The number of nitro benzene ring substituents is 1. The molecule has 108 valence electrons. The molecule has 10 heteroatoms. The van der Waals surface area contributed by atoms with Gasteiger partial charge in [0.15, 0.2) is 0 Å². The second-order valence-electron chi connectivity index (χ2n) is 3.84. The molecule has 0 atom stereocenters. The number of nitrogens with zero attached hydrogens (tertiary/aromatic N) is 3. The fourth-order valence-corrected chi connectivity index (χ4v) is 2.44. The molecule has 1 heterocycles. The quantitative estimate of drug-likeness (QED) is 0.362. The molecule has 0 spiro atoms. The van der Waals surface area contributed by atoms with Gasteiger partial charge in [-0.15, -0.1) is 0 Å². The second kappa shape index (κ2) is 6.41. The Kier molecular flexibility index (Phi) is 4.60. The molecule has 1 aromatic rings. The van der Waals surface area contributed by atoms with E-state index in [2.05, 4.69) is 15.5 Å². The van der Waals surface area contributed by atoms with Gasteiger partial charge in [0, 0.05) is 12.1 Å². The number of nitro groups is 1. The number of rotatable bonds is 5. The number of amides is 1. The summed E-state index contributed by atoms with van der Waals surface area (Å²) in [5, 5.41) is 15.0. The van der Waals surface area contributed by atoms with E-state index >= 15 is 0 Å². The highest BCUT2D eigenvalue weighted by Crippen LogP contribution is 2.18. The highest BCUT2D eigenvalue weighted by Gasteiger charge is 2.21. The summed E-state index contributed by atoms with van der Waals surface area (Å²) in [6.07, 6.45) is 0. The monoisotopic (exact) mass is 323 g/mol. The first-order valence-corrected chi connectivity index (χ1v) is 6.99. The van der Waals surface area contributed by atoms with E-state index in [1.807, 2.05) is 0 Å². The van der Waals surface area contributed by atoms with Crippen molar-refractivity contribution in [1.29, 1.82) is 0 Å². The topological polar surface area (TPSA) is 123 Å². The van der Waals surface area contributed by atoms with Crippen LogP contribution in [0.2, 0.25) is 0 Å². The van der Waals surface area contributed by atoms with Crippen LogP contribution in [0.3, 0.4) is 0 Å². The molecule has 21 heavy (non-hydrogen) atoms. The Morgan fingerprint density at radius 1 is 1.57 bits per heavy atom. The van der Waals surface area contributed by atoms with Gasteiger partial charge in [-0.1, -0.05) is 30.0 Å². The van der Waals surface area contributed by atoms with E-state index in [1.165, 1.54) is 30.0 Å². The molecule has 3 N–H and O–H groups in total. The van der Waals surface area contributed by atoms with Crippen LogP contribution in [0.1, 0.15) is 0 Å². The van der Waals surface area contributed by atoms with Gasteiger partial charge in [0.05, 0.1) is 16.4 Å². The highest BCUT2D eigenvalue weighted by molar-refractivity contribution is 8.17. The number of thiocarbonyl (C=S) groups is 1. The SMILES string of the molecule is NC(=S)/C(=N/Nc1cccc([N+](=O)[O-])c1)C1=NC(=O)CS1. The minimum absolute atomic E-state index is 0.0196. The van der Waals surface area contributed by atoms with Crippen LogP contribution >= 0.6 is 24.0 Å². The number of hydrogen-bond acceptors (Lipinski definition) is 7. The van der Waals surface area contributed by atoms with E-state index in [0.29, 0.717) is 10.7 Å². The van der Waals surface area contributed by atoms with Crippen molar-refractivity contribution >= 4 is 57.0 Å². The Balaban J connectivity index is 2.23. The molecule has 0 fully saturated rings. The normalized spacial score (nSPS) is 14.8. The summed E-state index contributed by atoms with van der Waals surface area (Å²) < 4.78 is 0. The Morgan fingerprint density at radius 2 is 2.33 bits per heavy atom. The minimum Gasteiger partial charge on any atom is -0.388 e. The number of aliphatic imine (C=N–C) groups is 1. The average Bonchev–Trinajstić information content (AvgIpc) is 2.85. The van der Waals surface area contributed by atoms with E-state index in [-0.39, 0.29) is 28.0 Å². The van der Waals surface area contributed by atoms with Crippen LogP contribution in [0.5, 0.6) is 0 Å². The molecule has 0 unspecified atom stereocenters. The zero-order chi connectivity index (χ0) is 15.4. The lowest BCUT2D eigenvalue weighted by Gasteiger charge is -2.05. The summed E-state index contributed by atoms with van der Waals surface area (Å²) in [5.41, 5.74) is 8.67. The highest BCUT2D eigenvalue weighted by atomic mass is 32.2. The van der Waals surface area contributed by atoms with Crippen LogP contribution in [0.25, 0.3) is 0 Å². The van der Waals surface area contributed by atoms with Crippen molar-refractivity contribution in [2.75, 3.05) is 11.2 Å². The lowest BCUT2D eigenvalue weighted by atomic mass is 10.3. The summed E-state index contributed by atoms with van der Waals surface area (Å²) in [5.74, 6) is -0.0670. The maximum atomic E-state index is 11.1. The summed E-state index contributed by atoms with van der Waals surface area (Å²) in [7, 11) is 0. The van der Waals surface area contributed by atoms with Gasteiger partial charge in [0.25, 0.3) is 11.6 Å². The Labute approximate surface area is 128 Å². The summed E-state index contributed by atoms with van der Waals surface area (Å²) in [6, 6.07) is 5.79. The largest absolute Gasteiger partial charge is 0.388 e. The average molecular weight is 323 g/mol. The van der Waals surface area contributed by atoms with Gasteiger partial charge in [-0.05, 0) is 6.07 Å². The molecule has 0 aromatic heterocycles. The van der Waals surface area contributed by atoms with Crippen LogP contribution in [0.15, 0.2) is 34.4 Å². The van der Waals surface area contributed by atoms with Crippen LogP contribution in [-0.2, 0) is 4.79 Å². The van der Waals surface area contributed by atoms with Crippen molar-refractivity contribution in [1.82, 2.24) is 0 Å². The van der Waals surface area contributed by atoms with Gasteiger partial charge in [0.1, 0.15) is 15.7 Å². The molecular formula is C11H9N5O3S2. The minimum atomic E-state index is -0.515. The lowest BCUT2D eigenvalue weighted by molar-refractivity contribution is -0.384. The molecule has 1 amide bonds. The molecule has 0 saturated carbocycles. The molecule has 0 saturated heterocycles. The van der Waals surface area contributed by atoms with E-state index in [1.54, 1.807) is 6.07 Å². The van der Waals surface area contributed by atoms with E-state index in [0.717, 1.165) is 0 Å². The van der Waals surface area contributed by atoms with Gasteiger partial charge < -0.3 is 5.73 Å². The van der Waals surface area contributed by atoms with Crippen molar-refractivity contribution in [3.8, 4) is 0 Å². The predicted molar refractivity (Wildman–Crippen MR) is 85.8 cm³/mol. The number of hydrogen-bond donors (Lipinski definition) is 2. The fraction of sp³-hybridized carbons (Fsp3) is 0.0909. The lowest BCUT2D eigenvalue weighted by Crippen LogP contribution is -2.27. The van der Waals surface area contributed by atoms with Crippen molar-refractivity contribution in [2.45, 2.75) is 0 Å². The third kappa shape index (κ3) is 3.83. The molecule has 0 radical (unpaired) electrons. The number of benzene rings is 1. The first kappa shape index (κ1) is 15.1. The number of carbonyl (C=O) groups excluding carboxylic acids is 1. The summed E-state index contributed by atoms with van der Waals surface area (Å²) in [6.45, 7) is 0.